The third kappa shape index (κ3) is 3.84. The van der Waals surface area contributed by atoms with Gasteiger partial charge in [-0.05, 0) is 26.8 Å². The van der Waals surface area contributed by atoms with Crippen molar-refractivity contribution < 1.29 is 9.53 Å². The molecule has 0 radical (unpaired) electrons. The molecule has 1 N–H and O–H groups in total. The minimum atomic E-state index is -0.171. The zero-order valence-electron chi connectivity index (χ0n) is 11.7. The summed E-state index contributed by atoms with van der Waals surface area (Å²) in [6.45, 7) is 6.93. The van der Waals surface area contributed by atoms with E-state index in [0.717, 1.165) is 16.4 Å². The van der Waals surface area contributed by atoms with Crippen LogP contribution in [0.1, 0.15) is 23.3 Å². The Hall–Kier alpha value is -1.80. The van der Waals surface area contributed by atoms with Crippen LogP contribution in [-0.2, 0) is 22.7 Å². The van der Waals surface area contributed by atoms with Crippen molar-refractivity contribution in [1.29, 1.82) is 0 Å². The first kappa shape index (κ1) is 14.6. The molecule has 0 fully saturated rings. The summed E-state index contributed by atoms with van der Waals surface area (Å²) in [5, 5.41) is 16.0. The van der Waals surface area contributed by atoms with Crippen LogP contribution in [0.15, 0.2) is 6.07 Å². The van der Waals surface area contributed by atoms with E-state index in [1.54, 1.807) is 4.68 Å². The van der Waals surface area contributed by atoms with Gasteiger partial charge in [0.05, 0.1) is 5.69 Å². The molecule has 0 aliphatic rings. The Balaban J connectivity index is 1.91. The Labute approximate surface area is 121 Å². The highest BCUT2D eigenvalue weighted by molar-refractivity contribution is 7.15. The van der Waals surface area contributed by atoms with Crippen LogP contribution in [0.2, 0.25) is 0 Å². The predicted octanol–water partition coefficient (Wildman–Crippen LogP) is 1.53. The van der Waals surface area contributed by atoms with Gasteiger partial charge >= 0.3 is 0 Å². The van der Waals surface area contributed by atoms with E-state index >= 15 is 0 Å². The fraction of sp³-hybridized carbons (Fsp3) is 0.500. The predicted molar refractivity (Wildman–Crippen MR) is 75.6 cm³/mol. The number of amides is 1. The summed E-state index contributed by atoms with van der Waals surface area (Å²) in [5.74, 6) is -0.171. The van der Waals surface area contributed by atoms with Gasteiger partial charge in [-0.1, -0.05) is 11.3 Å². The van der Waals surface area contributed by atoms with Gasteiger partial charge < -0.3 is 4.74 Å². The molecule has 0 unspecified atom stereocenters. The molecule has 0 spiro atoms. The minimum Gasteiger partial charge on any atom is -0.374 e. The summed E-state index contributed by atoms with van der Waals surface area (Å²) >= 11 is 1.31. The third-order valence-corrected chi connectivity index (χ3v) is 3.35. The highest BCUT2D eigenvalue weighted by Crippen LogP contribution is 2.16. The number of carbonyl (C=O) groups excluding carboxylic acids is 1. The van der Waals surface area contributed by atoms with E-state index in [1.807, 2.05) is 26.8 Å². The summed E-state index contributed by atoms with van der Waals surface area (Å²) in [4.78, 5) is 11.9. The van der Waals surface area contributed by atoms with Crippen LogP contribution in [-0.4, -0.2) is 32.5 Å². The molecule has 2 rings (SSSR count). The molecule has 2 heterocycles. The van der Waals surface area contributed by atoms with Crippen LogP contribution >= 0.6 is 11.3 Å². The molecule has 2 aromatic heterocycles. The molecule has 0 aliphatic heterocycles. The van der Waals surface area contributed by atoms with Gasteiger partial charge in [-0.2, -0.15) is 5.10 Å². The Morgan fingerprint density at radius 2 is 2.25 bits per heavy atom. The largest absolute Gasteiger partial charge is 0.374 e. The second-order valence-electron chi connectivity index (χ2n) is 4.27. The fourth-order valence-corrected chi connectivity index (χ4v) is 2.38. The normalized spacial score (nSPS) is 10.8. The number of hydrogen-bond acceptors (Lipinski definition) is 6. The van der Waals surface area contributed by atoms with Crippen molar-refractivity contribution in [3.05, 3.63) is 22.5 Å². The Morgan fingerprint density at radius 1 is 1.45 bits per heavy atom. The maximum atomic E-state index is 11.9. The van der Waals surface area contributed by atoms with Crippen LogP contribution in [0.3, 0.4) is 0 Å². The molecule has 0 bridgehead atoms. The highest BCUT2D eigenvalue weighted by Gasteiger charge is 2.10. The van der Waals surface area contributed by atoms with Crippen molar-refractivity contribution in [2.45, 2.75) is 33.9 Å². The number of rotatable bonds is 6. The zero-order valence-corrected chi connectivity index (χ0v) is 12.5. The van der Waals surface area contributed by atoms with Gasteiger partial charge in [0.2, 0.25) is 11.0 Å². The van der Waals surface area contributed by atoms with Crippen molar-refractivity contribution in [2.24, 2.45) is 0 Å². The first-order valence-corrected chi connectivity index (χ1v) is 7.11. The number of carbonyl (C=O) groups is 1. The summed E-state index contributed by atoms with van der Waals surface area (Å²) in [6, 6.07) is 1.93. The van der Waals surface area contributed by atoms with Crippen molar-refractivity contribution in [1.82, 2.24) is 20.0 Å². The van der Waals surface area contributed by atoms with Gasteiger partial charge in [0, 0.05) is 12.3 Å². The zero-order chi connectivity index (χ0) is 14.5. The van der Waals surface area contributed by atoms with E-state index in [1.165, 1.54) is 11.3 Å². The lowest BCUT2D eigenvalue weighted by Gasteiger charge is -2.03. The average molecular weight is 295 g/mol. The van der Waals surface area contributed by atoms with Crippen molar-refractivity contribution in [3.8, 4) is 0 Å². The molecule has 0 aromatic carbocycles. The van der Waals surface area contributed by atoms with Gasteiger partial charge in [0.1, 0.15) is 18.2 Å². The number of aromatic nitrogens is 4. The lowest BCUT2D eigenvalue weighted by Crippen LogP contribution is -2.20. The van der Waals surface area contributed by atoms with Crippen LogP contribution in [0, 0.1) is 13.8 Å². The van der Waals surface area contributed by atoms with Crippen molar-refractivity contribution in [3.63, 3.8) is 0 Å². The number of anilines is 1. The smallest absolute Gasteiger partial charge is 0.247 e. The summed E-state index contributed by atoms with van der Waals surface area (Å²) in [7, 11) is 0. The molecule has 0 atom stereocenters. The van der Waals surface area contributed by atoms with Crippen molar-refractivity contribution >= 4 is 22.4 Å². The van der Waals surface area contributed by atoms with E-state index in [-0.39, 0.29) is 12.5 Å². The third-order valence-electron chi connectivity index (χ3n) is 2.54. The molecular weight excluding hydrogens is 278 g/mol. The number of ether oxygens (including phenoxy) is 1. The molecule has 7 nitrogen and oxygen atoms in total. The molecule has 1 amide bonds. The van der Waals surface area contributed by atoms with E-state index in [2.05, 4.69) is 20.6 Å². The van der Waals surface area contributed by atoms with Gasteiger partial charge in [-0.15, -0.1) is 10.2 Å². The van der Waals surface area contributed by atoms with Gasteiger partial charge in [0.15, 0.2) is 0 Å². The van der Waals surface area contributed by atoms with Crippen molar-refractivity contribution in [2.75, 3.05) is 11.9 Å². The van der Waals surface area contributed by atoms with Crippen LogP contribution in [0.25, 0.3) is 0 Å². The van der Waals surface area contributed by atoms with Crippen LogP contribution in [0.4, 0.5) is 5.13 Å². The van der Waals surface area contributed by atoms with E-state index in [9.17, 15) is 4.79 Å². The number of hydrogen-bond donors (Lipinski definition) is 1. The van der Waals surface area contributed by atoms with E-state index < -0.39 is 0 Å². The van der Waals surface area contributed by atoms with E-state index in [0.29, 0.717) is 18.3 Å². The monoisotopic (exact) mass is 295 g/mol. The molecule has 108 valence electrons. The number of nitrogens with zero attached hydrogens (tertiary/aromatic N) is 4. The molecule has 0 saturated carbocycles. The SMILES string of the molecule is CCOCc1nnc(NC(=O)Cn2nc(C)cc2C)s1. The standard InChI is InChI=1S/C12H17N5O2S/c1-4-19-7-11-14-15-12(20-11)13-10(18)6-17-9(3)5-8(2)16-17/h5H,4,6-7H2,1-3H3,(H,13,15,18). The second-order valence-corrected chi connectivity index (χ2v) is 5.33. The lowest BCUT2D eigenvalue weighted by atomic mass is 10.4. The topological polar surface area (TPSA) is 81.9 Å². The maximum absolute atomic E-state index is 11.9. The first-order valence-electron chi connectivity index (χ1n) is 6.29. The summed E-state index contributed by atoms with van der Waals surface area (Å²) in [5.41, 5.74) is 1.84. The van der Waals surface area contributed by atoms with Gasteiger partial charge in [0.25, 0.3) is 0 Å². The first-order chi connectivity index (χ1) is 9.58. The Kier molecular flexibility index (Phi) is 4.80. The number of aryl methyl sites for hydroxylation is 2. The maximum Gasteiger partial charge on any atom is 0.247 e. The van der Waals surface area contributed by atoms with Crippen LogP contribution < -0.4 is 5.32 Å². The molecule has 0 saturated heterocycles. The fourth-order valence-electron chi connectivity index (χ4n) is 1.68. The van der Waals surface area contributed by atoms with Gasteiger partial charge in [-0.3, -0.25) is 14.8 Å². The molecule has 0 aliphatic carbocycles. The molecule has 8 heteroatoms. The number of nitrogens with one attached hydrogen (secondary N) is 1. The minimum absolute atomic E-state index is 0.167. The van der Waals surface area contributed by atoms with Crippen LogP contribution in [0.5, 0.6) is 0 Å². The molecular formula is C12H17N5O2S. The van der Waals surface area contributed by atoms with E-state index in [4.69, 9.17) is 4.74 Å². The quantitative estimate of drug-likeness (QED) is 0.874. The molecule has 20 heavy (non-hydrogen) atoms. The highest BCUT2D eigenvalue weighted by atomic mass is 32.1. The Morgan fingerprint density at radius 3 is 2.90 bits per heavy atom. The second kappa shape index (κ2) is 6.58. The lowest BCUT2D eigenvalue weighted by molar-refractivity contribution is -0.116. The average Bonchev–Trinajstić information content (AvgIpc) is 2.94. The molecule has 2 aromatic rings. The summed E-state index contributed by atoms with van der Waals surface area (Å²) < 4.78 is 6.89. The van der Waals surface area contributed by atoms with Gasteiger partial charge in [-0.25, -0.2) is 0 Å². The Bertz CT molecular complexity index is 592. The summed E-state index contributed by atoms with van der Waals surface area (Å²) in [6.07, 6.45) is 0.